The van der Waals surface area contributed by atoms with Crippen LogP contribution < -0.4 is 0 Å². The van der Waals surface area contributed by atoms with E-state index in [1.807, 2.05) is 60.7 Å². The maximum Gasteiger partial charge on any atom is 0.338 e. The zero-order valence-electron chi connectivity index (χ0n) is 23.8. The molecule has 0 aromatic heterocycles. The number of hydrogen-bond donors (Lipinski definition) is 0. The van der Waals surface area contributed by atoms with Crippen LogP contribution in [0, 0.1) is 10.1 Å². The Balaban J connectivity index is 1.21. The lowest BCUT2D eigenvalue weighted by Gasteiger charge is -2.08. The minimum Gasteiger partial charge on any atom is -0.454 e. The van der Waals surface area contributed by atoms with E-state index in [-0.39, 0.29) is 11.1 Å². The Morgan fingerprint density at radius 2 is 0.844 bits per heavy atom. The predicted molar refractivity (Wildman–Crippen MR) is 166 cm³/mol. The van der Waals surface area contributed by atoms with E-state index in [1.54, 1.807) is 48.5 Å². The molecule has 9 heteroatoms. The van der Waals surface area contributed by atoms with E-state index >= 15 is 0 Å². The van der Waals surface area contributed by atoms with Gasteiger partial charge in [-0.05, 0) is 28.3 Å². The predicted octanol–water partition coefficient (Wildman–Crippen LogP) is 7.01. The SMILES string of the molecule is O=C(COC(=O)c1cc(C(=O)OCC(=O)c2ccc(-c3ccccc3)cc2)cc([N+](=O)[O-])c1)c1ccc(-c2ccccc2)cc1. The molecule has 0 N–H and O–H groups in total. The first-order chi connectivity index (χ1) is 21.8. The Kier molecular flexibility index (Phi) is 9.30. The van der Waals surface area contributed by atoms with E-state index in [2.05, 4.69) is 0 Å². The molecule has 222 valence electrons. The van der Waals surface area contributed by atoms with Crippen molar-refractivity contribution in [3.8, 4) is 22.3 Å². The summed E-state index contributed by atoms with van der Waals surface area (Å²) in [6.45, 7) is -1.24. The van der Waals surface area contributed by atoms with E-state index in [0.29, 0.717) is 11.1 Å². The topological polar surface area (TPSA) is 130 Å². The fourth-order valence-electron chi connectivity index (χ4n) is 4.51. The molecule has 0 radical (unpaired) electrons. The van der Waals surface area contributed by atoms with Crippen LogP contribution in [-0.2, 0) is 9.47 Å². The summed E-state index contributed by atoms with van der Waals surface area (Å²) in [5, 5.41) is 11.5. The largest absolute Gasteiger partial charge is 0.454 e. The Hall–Kier alpha value is -6.22. The van der Waals surface area contributed by atoms with Gasteiger partial charge in [-0.3, -0.25) is 19.7 Å². The van der Waals surface area contributed by atoms with Crippen molar-refractivity contribution in [2.75, 3.05) is 13.2 Å². The Bertz CT molecular complexity index is 1740. The molecule has 0 fully saturated rings. The fraction of sp³-hybridized carbons (Fsp3) is 0.0556. The van der Waals surface area contributed by atoms with Crippen molar-refractivity contribution in [2.45, 2.75) is 0 Å². The number of nitro groups is 1. The van der Waals surface area contributed by atoms with E-state index in [9.17, 15) is 29.3 Å². The van der Waals surface area contributed by atoms with E-state index in [1.165, 1.54) is 0 Å². The van der Waals surface area contributed by atoms with Crippen molar-refractivity contribution in [3.63, 3.8) is 0 Å². The number of esters is 2. The first kappa shape index (κ1) is 30.2. The van der Waals surface area contributed by atoms with Crippen LogP contribution in [0.15, 0.2) is 127 Å². The summed E-state index contributed by atoms with van der Waals surface area (Å²) in [6.07, 6.45) is 0. The lowest BCUT2D eigenvalue weighted by molar-refractivity contribution is -0.384. The summed E-state index contributed by atoms with van der Waals surface area (Å²) >= 11 is 0. The number of carbonyl (C=O) groups excluding carboxylic acids is 4. The molecule has 0 atom stereocenters. The average Bonchev–Trinajstić information content (AvgIpc) is 3.09. The van der Waals surface area contributed by atoms with Crippen molar-refractivity contribution in [3.05, 3.63) is 160 Å². The second-order valence-electron chi connectivity index (χ2n) is 9.91. The normalized spacial score (nSPS) is 10.5. The zero-order chi connectivity index (χ0) is 31.8. The van der Waals surface area contributed by atoms with Gasteiger partial charge in [0, 0.05) is 23.3 Å². The van der Waals surface area contributed by atoms with Crippen molar-refractivity contribution in [2.24, 2.45) is 0 Å². The highest BCUT2D eigenvalue weighted by atomic mass is 16.6. The molecule has 5 aromatic rings. The van der Waals surface area contributed by atoms with E-state index in [0.717, 1.165) is 40.5 Å². The van der Waals surface area contributed by atoms with Gasteiger partial charge in [0.05, 0.1) is 16.1 Å². The minimum absolute atomic E-state index is 0.310. The molecule has 0 aliphatic heterocycles. The van der Waals surface area contributed by atoms with Crippen LogP contribution in [0.2, 0.25) is 0 Å². The van der Waals surface area contributed by atoms with Crippen LogP contribution in [0.1, 0.15) is 41.4 Å². The van der Waals surface area contributed by atoms with Gasteiger partial charge in [-0.25, -0.2) is 9.59 Å². The summed E-state index contributed by atoms with van der Waals surface area (Å²) in [5.74, 6) is -3.06. The highest BCUT2D eigenvalue weighted by Gasteiger charge is 2.21. The highest BCUT2D eigenvalue weighted by Crippen LogP contribution is 2.22. The molecule has 9 nitrogen and oxygen atoms in total. The number of ether oxygens (including phenoxy) is 2. The lowest BCUT2D eigenvalue weighted by atomic mass is 10.0. The van der Waals surface area contributed by atoms with Crippen LogP contribution in [0.3, 0.4) is 0 Å². The van der Waals surface area contributed by atoms with Crippen LogP contribution in [0.4, 0.5) is 5.69 Å². The molecule has 0 unspecified atom stereocenters. The molecular weight excluding hydrogens is 574 g/mol. The van der Waals surface area contributed by atoms with Crippen molar-refractivity contribution >= 4 is 29.2 Å². The summed E-state index contributed by atoms with van der Waals surface area (Å²) in [4.78, 5) is 61.5. The van der Waals surface area contributed by atoms with Gasteiger partial charge in [0.25, 0.3) is 5.69 Å². The standard InChI is InChI=1S/C36H25NO8/c38-33(28-15-11-26(12-16-28)24-7-3-1-4-8-24)22-44-35(40)30-19-31(21-32(20-30)37(42)43)36(41)45-23-34(39)29-17-13-27(14-18-29)25-9-5-2-6-10-25/h1-21H,22-23H2. The maximum atomic E-state index is 12.7. The molecule has 5 rings (SSSR count). The summed E-state index contributed by atoms with van der Waals surface area (Å²) < 4.78 is 10.2. The lowest BCUT2D eigenvalue weighted by Crippen LogP contribution is -2.17. The smallest absolute Gasteiger partial charge is 0.338 e. The van der Waals surface area contributed by atoms with Gasteiger partial charge in [0.1, 0.15) is 0 Å². The molecule has 0 aliphatic carbocycles. The van der Waals surface area contributed by atoms with Gasteiger partial charge in [-0.15, -0.1) is 0 Å². The second-order valence-corrected chi connectivity index (χ2v) is 9.91. The number of nitrogens with zero attached hydrogens (tertiary/aromatic N) is 1. The number of non-ortho nitro benzene ring substituents is 1. The van der Waals surface area contributed by atoms with Crippen molar-refractivity contribution in [1.82, 2.24) is 0 Å². The second kappa shape index (κ2) is 13.8. The molecule has 0 spiro atoms. The Morgan fingerprint density at radius 1 is 0.489 bits per heavy atom. The first-order valence-corrected chi connectivity index (χ1v) is 13.8. The summed E-state index contributed by atoms with van der Waals surface area (Å²) in [6, 6.07) is 35.6. The summed E-state index contributed by atoms with van der Waals surface area (Å²) in [5.41, 5.74) is 3.16. The van der Waals surface area contributed by atoms with Gasteiger partial charge in [0.2, 0.25) is 0 Å². The Labute approximate surface area is 257 Å². The van der Waals surface area contributed by atoms with E-state index < -0.39 is 47.3 Å². The Morgan fingerprint density at radius 3 is 1.20 bits per heavy atom. The average molecular weight is 600 g/mol. The zero-order valence-corrected chi connectivity index (χ0v) is 23.8. The third-order valence-corrected chi connectivity index (χ3v) is 6.90. The number of benzene rings is 5. The number of carbonyl (C=O) groups is 4. The van der Waals surface area contributed by atoms with Gasteiger partial charge >= 0.3 is 11.9 Å². The molecule has 0 heterocycles. The first-order valence-electron chi connectivity index (χ1n) is 13.8. The van der Waals surface area contributed by atoms with Crippen molar-refractivity contribution < 1.29 is 33.6 Å². The fourth-order valence-corrected chi connectivity index (χ4v) is 4.51. The third-order valence-electron chi connectivity index (χ3n) is 6.90. The monoisotopic (exact) mass is 599 g/mol. The van der Waals surface area contributed by atoms with E-state index in [4.69, 9.17) is 9.47 Å². The highest BCUT2D eigenvalue weighted by molar-refractivity contribution is 6.02. The quantitative estimate of drug-likeness (QED) is 0.0686. The van der Waals surface area contributed by atoms with Gasteiger partial charge in [-0.2, -0.15) is 0 Å². The molecule has 5 aromatic carbocycles. The molecule has 45 heavy (non-hydrogen) atoms. The molecule has 0 saturated carbocycles. The van der Waals surface area contributed by atoms with Crippen LogP contribution in [0.5, 0.6) is 0 Å². The number of rotatable bonds is 11. The summed E-state index contributed by atoms with van der Waals surface area (Å²) in [7, 11) is 0. The number of ketones is 2. The van der Waals surface area contributed by atoms with Crippen LogP contribution in [-0.4, -0.2) is 41.6 Å². The van der Waals surface area contributed by atoms with Gasteiger partial charge < -0.3 is 9.47 Å². The maximum absolute atomic E-state index is 12.7. The van der Waals surface area contributed by atoms with Gasteiger partial charge in [0.15, 0.2) is 24.8 Å². The number of hydrogen-bond acceptors (Lipinski definition) is 8. The minimum atomic E-state index is -1.04. The molecule has 0 aliphatic rings. The number of nitro benzene ring substituents is 1. The van der Waals surface area contributed by atoms with Crippen molar-refractivity contribution in [1.29, 1.82) is 0 Å². The number of Topliss-reactive ketones (excluding diaryl/α,β-unsaturated/α-hetero) is 2. The third kappa shape index (κ3) is 7.60. The van der Waals surface area contributed by atoms with Gasteiger partial charge in [-0.1, -0.05) is 109 Å². The van der Waals surface area contributed by atoms with Crippen LogP contribution >= 0.6 is 0 Å². The molecule has 0 saturated heterocycles. The molecule has 0 amide bonds. The molecular formula is C36H25NO8. The molecule has 0 bridgehead atoms. The van der Waals surface area contributed by atoms with Crippen LogP contribution in [0.25, 0.3) is 22.3 Å².